The Kier molecular flexibility index (Phi) is 17.3. The summed E-state index contributed by atoms with van der Waals surface area (Å²) in [6.45, 7) is 17.5. The van der Waals surface area contributed by atoms with Gasteiger partial charge in [0.25, 0.3) is 0 Å². The lowest BCUT2D eigenvalue weighted by molar-refractivity contribution is 0.0132. The van der Waals surface area contributed by atoms with E-state index < -0.39 is 24.4 Å². The second kappa shape index (κ2) is 20.1. The predicted octanol–water partition coefficient (Wildman–Crippen LogP) is 3.00. The van der Waals surface area contributed by atoms with Crippen molar-refractivity contribution in [3.05, 3.63) is 59.2 Å². The Morgan fingerprint density at radius 3 is 2.11 bits per heavy atom. The molecule has 0 radical (unpaired) electrons. The van der Waals surface area contributed by atoms with Gasteiger partial charge in [0.1, 0.15) is 36.9 Å². The summed E-state index contributed by atoms with van der Waals surface area (Å²) in [5.41, 5.74) is 2.96. The highest BCUT2D eigenvalue weighted by molar-refractivity contribution is 5.43. The van der Waals surface area contributed by atoms with Crippen LogP contribution in [0.4, 0.5) is 0 Å². The number of β-amino-alcohol motifs (C(OH)–C–C–N with tert-alkyl or cyclic N) is 1. The number of rotatable bonds is 17. The van der Waals surface area contributed by atoms with E-state index >= 15 is 0 Å². The molecule has 2 aromatic rings. The first kappa shape index (κ1) is 38.9. The zero-order chi connectivity index (χ0) is 33.4. The van der Waals surface area contributed by atoms with Gasteiger partial charge in [-0.15, -0.1) is 0 Å². The topological polar surface area (TPSA) is 142 Å². The van der Waals surface area contributed by atoms with Crippen molar-refractivity contribution in [2.75, 3.05) is 39.5 Å². The Bertz CT molecular complexity index is 1070. The Balaban J connectivity index is 0.000000314. The van der Waals surface area contributed by atoms with Crippen LogP contribution in [0.1, 0.15) is 65.2 Å². The molecule has 4 atom stereocenters. The van der Waals surface area contributed by atoms with Crippen molar-refractivity contribution in [3.8, 4) is 11.5 Å². The second-order valence-electron chi connectivity index (χ2n) is 13.2. The molecule has 3 rings (SSSR count). The summed E-state index contributed by atoms with van der Waals surface area (Å²) < 4.78 is 22.3. The van der Waals surface area contributed by atoms with Gasteiger partial charge in [-0.05, 0) is 63.9 Å². The number of fused-ring (bicyclic) bond motifs is 1. The van der Waals surface area contributed by atoms with Crippen molar-refractivity contribution in [3.63, 3.8) is 0 Å². The van der Waals surface area contributed by atoms with Crippen molar-refractivity contribution >= 4 is 0 Å². The average Bonchev–Trinajstić information content (AvgIpc) is 2.97. The highest BCUT2D eigenvalue weighted by atomic mass is 16.5. The maximum absolute atomic E-state index is 10.00. The van der Waals surface area contributed by atoms with E-state index in [-0.39, 0.29) is 24.9 Å². The van der Waals surface area contributed by atoms with Crippen molar-refractivity contribution in [2.45, 2.75) is 110 Å². The monoisotopic (exact) mass is 634 g/mol. The van der Waals surface area contributed by atoms with Crippen LogP contribution in [-0.4, -0.2) is 102 Å². The molecule has 45 heavy (non-hydrogen) atoms. The fourth-order valence-corrected chi connectivity index (χ4v) is 4.38. The van der Waals surface area contributed by atoms with Gasteiger partial charge in [-0.3, -0.25) is 0 Å². The number of aliphatic hydroxyl groups is 4. The van der Waals surface area contributed by atoms with Crippen LogP contribution in [0.15, 0.2) is 42.5 Å². The molecule has 0 heterocycles. The number of hydrogen-bond donors (Lipinski definition) is 6. The van der Waals surface area contributed by atoms with Gasteiger partial charge in [0.2, 0.25) is 0 Å². The standard InChI is InChI=1S/C18H31NO4.C17H27NO4/c1-14(2)19-11-17(20)13-23-18-7-5-16(6-8-18)12-21-9-10-22-15(3)4;1-17(2,3)18-9-12(19)10-22-16-6-4-5-11-7-14(20)15(21)8-13(11)16/h5-8,14-15,17,19-20H,9-13H2,1-4H3;4-6,12,14-15,18-21H,7-10H2,1-3H3/t;12?,14-,15+/m.1/s1. The lowest BCUT2D eigenvalue weighted by Gasteiger charge is -2.28. The lowest BCUT2D eigenvalue weighted by Crippen LogP contribution is -2.42. The van der Waals surface area contributed by atoms with Gasteiger partial charge in [0.15, 0.2) is 0 Å². The van der Waals surface area contributed by atoms with E-state index in [4.69, 9.17) is 18.9 Å². The molecule has 0 aromatic heterocycles. The normalized spacial score (nSPS) is 17.8. The average molecular weight is 635 g/mol. The summed E-state index contributed by atoms with van der Waals surface area (Å²) in [4.78, 5) is 0. The van der Waals surface area contributed by atoms with Gasteiger partial charge in [0.05, 0.1) is 38.1 Å². The second-order valence-corrected chi connectivity index (χ2v) is 13.2. The van der Waals surface area contributed by atoms with E-state index in [0.29, 0.717) is 57.5 Å². The van der Waals surface area contributed by atoms with Gasteiger partial charge in [-0.25, -0.2) is 0 Å². The number of benzene rings is 2. The van der Waals surface area contributed by atoms with Gasteiger partial charge in [-0.2, -0.15) is 0 Å². The number of nitrogens with one attached hydrogen (secondary N) is 2. The molecule has 2 aromatic carbocycles. The summed E-state index contributed by atoms with van der Waals surface area (Å²) in [6, 6.07) is 13.7. The third-order valence-electron chi connectivity index (χ3n) is 6.89. The van der Waals surface area contributed by atoms with Crippen LogP contribution in [0.2, 0.25) is 0 Å². The first-order valence-corrected chi connectivity index (χ1v) is 16.1. The molecule has 0 amide bonds. The molecule has 256 valence electrons. The van der Waals surface area contributed by atoms with E-state index in [1.807, 2.05) is 90.9 Å². The van der Waals surface area contributed by atoms with Crippen molar-refractivity contribution in [2.24, 2.45) is 0 Å². The SMILES string of the molecule is CC(C)(C)NCC(O)COc1cccc2c1C[C@H](O)[C@H](O)C2.CC(C)NCC(O)COc1ccc(COCCOC(C)C)cc1. The third-order valence-corrected chi connectivity index (χ3v) is 6.89. The molecule has 0 fully saturated rings. The van der Waals surface area contributed by atoms with Gasteiger partial charge in [0, 0.05) is 43.1 Å². The van der Waals surface area contributed by atoms with E-state index in [1.165, 1.54) is 0 Å². The molecular weight excluding hydrogens is 576 g/mol. The van der Waals surface area contributed by atoms with E-state index in [0.717, 1.165) is 22.4 Å². The van der Waals surface area contributed by atoms with Crippen LogP contribution in [0, 0.1) is 0 Å². The molecule has 0 bridgehead atoms. The van der Waals surface area contributed by atoms with Crippen LogP contribution in [0.3, 0.4) is 0 Å². The smallest absolute Gasteiger partial charge is 0.123 e. The van der Waals surface area contributed by atoms with Crippen LogP contribution in [0.5, 0.6) is 11.5 Å². The van der Waals surface area contributed by atoms with Crippen LogP contribution in [-0.2, 0) is 28.9 Å². The van der Waals surface area contributed by atoms with Gasteiger partial charge >= 0.3 is 0 Å². The predicted molar refractivity (Wildman–Crippen MR) is 177 cm³/mol. The maximum atomic E-state index is 10.00. The largest absolute Gasteiger partial charge is 0.491 e. The zero-order valence-corrected chi connectivity index (χ0v) is 28.3. The Morgan fingerprint density at radius 1 is 0.822 bits per heavy atom. The fourth-order valence-electron chi connectivity index (χ4n) is 4.38. The molecule has 6 N–H and O–H groups in total. The first-order chi connectivity index (χ1) is 21.2. The summed E-state index contributed by atoms with van der Waals surface area (Å²) in [5, 5.41) is 45.8. The van der Waals surface area contributed by atoms with Crippen molar-refractivity contribution < 1.29 is 39.4 Å². The molecule has 0 saturated heterocycles. The molecule has 2 unspecified atom stereocenters. The number of hydrogen-bond acceptors (Lipinski definition) is 10. The van der Waals surface area contributed by atoms with Gasteiger partial charge in [-0.1, -0.05) is 38.1 Å². The summed E-state index contributed by atoms with van der Waals surface area (Å²) in [6.07, 6.45) is -1.55. The first-order valence-electron chi connectivity index (χ1n) is 16.1. The minimum Gasteiger partial charge on any atom is -0.491 e. The summed E-state index contributed by atoms with van der Waals surface area (Å²) >= 11 is 0. The maximum Gasteiger partial charge on any atom is 0.123 e. The van der Waals surface area contributed by atoms with Crippen LogP contribution >= 0.6 is 0 Å². The molecule has 0 aliphatic heterocycles. The Hall–Kier alpha value is -2.28. The van der Waals surface area contributed by atoms with Crippen molar-refractivity contribution in [1.82, 2.24) is 10.6 Å². The quantitative estimate of drug-likeness (QED) is 0.144. The Morgan fingerprint density at radius 2 is 1.47 bits per heavy atom. The van der Waals surface area contributed by atoms with E-state index in [2.05, 4.69) is 10.6 Å². The number of aliphatic hydroxyl groups excluding tert-OH is 4. The molecule has 10 heteroatoms. The van der Waals surface area contributed by atoms with Crippen LogP contribution in [0.25, 0.3) is 0 Å². The minimum atomic E-state index is -0.760. The van der Waals surface area contributed by atoms with E-state index in [1.54, 1.807) is 0 Å². The third kappa shape index (κ3) is 16.7. The fraction of sp³-hybridized carbons (Fsp3) is 0.657. The van der Waals surface area contributed by atoms with Crippen molar-refractivity contribution in [1.29, 1.82) is 0 Å². The molecular formula is C35H58N2O8. The summed E-state index contributed by atoms with van der Waals surface area (Å²) in [5.74, 6) is 1.43. The molecule has 0 spiro atoms. The zero-order valence-electron chi connectivity index (χ0n) is 28.3. The molecule has 10 nitrogen and oxygen atoms in total. The minimum absolute atomic E-state index is 0.0485. The highest BCUT2D eigenvalue weighted by Gasteiger charge is 2.27. The van der Waals surface area contributed by atoms with Gasteiger partial charge < -0.3 is 50.0 Å². The highest BCUT2D eigenvalue weighted by Crippen LogP contribution is 2.30. The molecule has 1 aliphatic carbocycles. The van der Waals surface area contributed by atoms with Crippen LogP contribution < -0.4 is 20.1 Å². The molecule has 0 saturated carbocycles. The molecule has 1 aliphatic rings. The summed E-state index contributed by atoms with van der Waals surface area (Å²) in [7, 11) is 0. The van der Waals surface area contributed by atoms with E-state index in [9.17, 15) is 20.4 Å². The lowest BCUT2D eigenvalue weighted by atomic mass is 9.87. The Labute approximate surface area is 270 Å². The number of ether oxygens (including phenoxy) is 4.